The molecule has 0 heterocycles. The van der Waals surface area contributed by atoms with Gasteiger partial charge in [-0.3, -0.25) is 9.59 Å². The van der Waals surface area contributed by atoms with Crippen molar-refractivity contribution in [3.63, 3.8) is 0 Å². The van der Waals surface area contributed by atoms with Gasteiger partial charge in [0.15, 0.2) is 0 Å². The minimum absolute atomic E-state index is 0.138. The first-order chi connectivity index (χ1) is 5.16. The number of rotatable bonds is 4. The molecule has 0 aromatic heterocycles. The Morgan fingerprint density at radius 1 is 1.27 bits per heavy atom. The highest BCUT2D eigenvalue weighted by molar-refractivity contribution is 5.78. The van der Waals surface area contributed by atoms with E-state index in [0.717, 1.165) is 0 Å². The second kappa shape index (κ2) is 5.67. The number of hydrogen-bond acceptors (Lipinski definition) is 3. The molecule has 11 heavy (non-hydrogen) atoms. The number of carbonyl (C=O) groups excluding carboxylic acids is 2. The molecule has 5 heteroatoms. The third-order valence-electron chi connectivity index (χ3n) is 0.960. The Morgan fingerprint density at radius 3 is 2.36 bits per heavy atom. The SMILES string of the molecule is CNCC(=O)NCNC(C)=O. The summed E-state index contributed by atoms with van der Waals surface area (Å²) < 4.78 is 0. The summed E-state index contributed by atoms with van der Waals surface area (Å²) in [5.74, 6) is -0.295. The third-order valence-corrected chi connectivity index (χ3v) is 0.960. The van der Waals surface area contributed by atoms with Gasteiger partial charge in [-0.15, -0.1) is 0 Å². The largest absolute Gasteiger partial charge is 0.339 e. The molecule has 0 aliphatic rings. The van der Waals surface area contributed by atoms with Crippen LogP contribution in [0.15, 0.2) is 0 Å². The third kappa shape index (κ3) is 6.79. The lowest BCUT2D eigenvalue weighted by Crippen LogP contribution is -2.39. The van der Waals surface area contributed by atoms with E-state index in [9.17, 15) is 9.59 Å². The van der Waals surface area contributed by atoms with Gasteiger partial charge in [-0.25, -0.2) is 0 Å². The van der Waals surface area contributed by atoms with Gasteiger partial charge < -0.3 is 16.0 Å². The summed E-state index contributed by atoms with van der Waals surface area (Å²) in [5, 5.41) is 7.60. The number of carbonyl (C=O) groups is 2. The molecular formula is C6H13N3O2. The van der Waals surface area contributed by atoms with Crippen LogP contribution in [-0.2, 0) is 9.59 Å². The Labute approximate surface area is 65.5 Å². The zero-order valence-corrected chi connectivity index (χ0v) is 6.73. The Bertz CT molecular complexity index is 147. The van der Waals surface area contributed by atoms with Crippen LogP contribution in [0, 0.1) is 0 Å². The molecule has 0 rings (SSSR count). The van der Waals surface area contributed by atoms with E-state index in [1.165, 1.54) is 6.92 Å². The molecule has 0 unspecified atom stereocenters. The first-order valence-corrected chi connectivity index (χ1v) is 3.32. The lowest BCUT2D eigenvalue weighted by atomic mass is 10.6. The molecule has 0 bridgehead atoms. The van der Waals surface area contributed by atoms with Crippen LogP contribution in [-0.4, -0.2) is 32.1 Å². The normalized spacial score (nSPS) is 8.91. The van der Waals surface area contributed by atoms with Crippen molar-refractivity contribution in [1.29, 1.82) is 0 Å². The number of likely N-dealkylation sites (N-methyl/N-ethyl adjacent to an activating group) is 1. The summed E-state index contributed by atoms with van der Waals surface area (Å²) in [6.07, 6.45) is 0. The van der Waals surface area contributed by atoms with Crippen molar-refractivity contribution in [2.24, 2.45) is 0 Å². The quantitative estimate of drug-likeness (QED) is 0.433. The Morgan fingerprint density at radius 2 is 1.91 bits per heavy atom. The summed E-state index contributed by atoms with van der Waals surface area (Å²) in [6, 6.07) is 0. The zero-order chi connectivity index (χ0) is 8.69. The van der Waals surface area contributed by atoms with Crippen molar-refractivity contribution in [3.8, 4) is 0 Å². The Hall–Kier alpha value is -1.10. The van der Waals surface area contributed by atoms with E-state index in [1.807, 2.05) is 0 Å². The van der Waals surface area contributed by atoms with E-state index >= 15 is 0 Å². The maximum absolute atomic E-state index is 10.7. The zero-order valence-electron chi connectivity index (χ0n) is 6.73. The fraction of sp³-hybridized carbons (Fsp3) is 0.667. The fourth-order valence-corrected chi connectivity index (χ4v) is 0.490. The van der Waals surface area contributed by atoms with Gasteiger partial charge in [0.05, 0.1) is 13.2 Å². The van der Waals surface area contributed by atoms with E-state index in [0.29, 0.717) is 0 Å². The highest BCUT2D eigenvalue weighted by Crippen LogP contribution is 1.61. The topological polar surface area (TPSA) is 70.2 Å². The average molecular weight is 159 g/mol. The monoisotopic (exact) mass is 159 g/mol. The minimum atomic E-state index is -0.158. The smallest absolute Gasteiger partial charge is 0.235 e. The van der Waals surface area contributed by atoms with Gasteiger partial charge in [0.1, 0.15) is 0 Å². The Kier molecular flexibility index (Phi) is 5.10. The van der Waals surface area contributed by atoms with Crippen molar-refractivity contribution >= 4 is 11.8 Å². The molecule has 0 saturated carbocycles. The lowest BCUT2D eigenvalue weighted by Gasteiger charge is -2.03. The molecule has 0 radical (unpaired) electrons. The van der Waals surface area contributed by atoms with E-state index in [1.54, 1.807) is 7.05 Å². The van der Waals surface area contributed by atoms with Gasteiger partial charge in [0.2, 0.25) is 11.8 Å². The minimum Gasteiger partial charge on any atom is -0.339 e. The lowest BCUT2D eigenvalue weighted by molar-refractivity contribution is -0.121. The van der Waals surface area contributed by atoms with Crippen LogP contribution < -0.4 is 16.0 Å². The standard InChI is InChI=1S/C6H13N3O2/c1-5(10)8-4-9-6(11)3-7-2/h7H,3-4H2,1-2H3,(H,8,10)(H,9,11). The molecule has 2 amide bonds. The van der Waals surface area contributed by atoms with Crippen molar-refractivity contribution in [2.45, 2.75) is 6.92 Å². The summed E-state index contributed by atoms with van der Waals surface area (Å²) in [7, 11) is 1.68. The van der Waals surface area contributed by atoms with Gasteiger partial charge in [-0.2, -0.15) is 0 Å². The molecule has 3 N–H and O–H groups in total. The first-order valence-electron chi connectivity index (χ1n) is 3.32. The Balaban J connectivity index is 3.24. The predicted octanol–water partition coefficient (Wildman–Crippen LogP) is -1.58. The molecule has 64 valence electrons. The van der Waals surface area contributed by atoms with Gasteiger partial charge in [0, 0.05) is 6.92 Å². The summed E-state index contributed by atoms with van der Waals surface area (Å²) in [6.45, 7) is 1.85. The molecule has 0 aliphatic carbocycles. The fourth-order valence-electron chi connectivity index (χ4n) is 0.490. The highest BCUT2D eigenvalue weighted by Gasteiger charge is 1.96. The van der Waals surface area contributed by atoms with Gasteiger partial charge in [0.25, 0.3) is 0 Å². The molecule has 0 aromatic rings. The summed E-state index contributed by atoms with van der Waals surface area (Å²) >= 11 is 0. The van der Waals surface area contributed by atoms with E-state index in [4.69, 9.17) is 0 Å². The molecule has 0 fully saturated rings. The van der Waals surface area contributed by atoms with Crippen LogP contribution in [0.4, 0.5) is 0 Å². The molecule has 0 saturated heterocycles. The van der Waals surface area contributed by atoms with Crippen molar-refractivity contribution in [2.75, 3.05) is 20.3 Å². The van der Waals surface area contributed by atoms with Crippen LogP contribution in [0.3, 0.4) is 0 Å². The molecular weight excluding hydrogens is 146 g/mol. The summed E-state index contributed by atoms with van der Waals surface area (Å²) in [5.41, 5.74) is 0. The van der Waals surface area contributed by atoms with E-state index in [-0.39, 0.29) is 25.0 Å². The molecule has 5 nitrogen and oxygen atoms in total. The van der Waals surface area contributed by atoms with Crippen molar-refractivity contribution in [3.05, 3.63) is 0 Å². The van der Waals surface area contributed by atoms with Crippen LogP contribution in [0.1, 0.15) is 6.92 Å². The average Bonchev–Trinajstić information content (AvgIpc) is 1.87. The van der Waals surface area contributed by atoms with Gasteiger partial charge in [-0.05, 0) is 7.05 Å². The predicted molar refractivity (Wildman–Crippen MR) is 40.8 cm³/mol. The maximum Gasteiger partial charge on any atom is 0.235 e. The van der Waals surface area contributed by atoms with E-state index < -0.39 is 0 Å². The van der Waals surface area contributed by atoms with Crippen molar-refractivity contribution < 1.29 is 9.59 Å². The first kappa shape index (κ1) is 9.90. The number of amides is 2. The van der Waals surface area contributed by atoms with Crippen LogP contribution in [0.25, 0.3) is 0 Å². The molecule has 0 atom stereocenters. The van der Waals surface area contributed by atoms with Gasteiger partial charge in [-0.1, -0.05) is 0 Å². The van der Waals surface area contributed by atoms with Crippen LogP contribution in [0.5, 0.6) is 0 Å². The van der Waals surface area contributed by atoms with Crippen molar-refractivity contribution in [1.82, 2.24) is 16.0 Å². The molecule has 0 spiro atoms. The summed E-state index contributed by atoms with van der Waals surface area (Å²) in [4.78, 5) is 21.0. The second-order valence-electron chi connectivity index (χ2n) is 2.04. The highest BCUT2D eigenvalue weighted by atomic mass is 16.2. The van der Waals surface area contributed by atoms with Gasteiger partial charge >= 0.3 is 0 Å². The molecule has 0 aliphatic heterocycles. The second-order valence-corrected chi connectivity index (χ2v) is 2.04. The maximum atomic E-state index is 10.7. The number of nitrogens with one attached hydrogen (secondary N) is 3. The molecule has 0 aromatic carbocycles. The van der Waals surface area contributed by atoms with E-state index in [2.05, 4.69) is 16.0 Å². The van der Waals surface area contributed by atoms with Crippen LogP contribution in [0.2, 0.25) is 0 Å². The number of hydrogen-bond donors (Lipinski definition) is 3. The van der Waals surface area contributed by atoms with Crippen LogP contribution >= 0.6 is 0 Å².